The molecule has 9 heteroatoms. The van der Waals surface area contributed by atoms with E-state index in [1.807, 2.05) is 24.3 Å². The summed E-state index contributed by atoms with van der Waals surface area (Å²) in [6, 6.07) is 0. The third kappa shape index (κ3) is 18.6. The van der Waals surface area contributed by atoms with Crippen molar-refractivity contribution in [2.24, 2.45) is 0 Å². The van der Waals surface area contributed by atoms with E-state index in [4.69, 9.17) is 0 Å². The fourth-order valence-corrected chi connectivity index (χ4v) is 3.51. The molecule has 0 N–H and O–H groups in total. The zero-order valence-corrected chi connectivity index (χ0v) is 18.5. The number of quaternary nitrogens is 1. The first-order chi connectivity index (χ1) is 14.0. The average Bonchev–Trinajstić information content (AvgIpc) is 2.64. The van der Waals surface area contributed by atoms with Gasteiger partial charge < -0.3 is 4.48 Å². The second kappa shape index (κ2) is 17.3. The van der Waals surface area contributed by atoms with Gasteiger partial charge in [0, 0.05) is 6.42 Å². The standard InChI is InChI=1S/C12H20N.C9H16F4O3S/c1-5-9-13(10-6-2,11-7-3)12-8-4;10-9(11,12)7-5-3-1-2-4-6-8-17(14,15)16-13/h5-8H,1-4,9-12H2;1-8H2/q+1;. The minimum absolute atomic E-state index is 0.0926. The molecule has 0 saturated carbocycles. The molecule has 0 fully saturated rings. The third-order valence-electron chi connectivity index (χ3n) is 4.27. The normalized spacial score (nSPS) is 11.9. The van der Waals surface area contributed by atoms with Crippen molar-refractivity contribution in [2.75, 3.05) is 31.9 Å². The lowest BCUT2D eigenvalue weighted by molar-refractivity contribution is -0.906. The molecular weight excluding hydrogens is 422 g/mol. The summed E-state index contributed by atoms with van der Waals surface area (Å²) < 4.78 is 71.3. The van der Waals surface area contributed by atoms with Gasteiger partial charge in [0.25, 0.3) is 10.1 Å². The van der Waals surface area contributed by atoms with E-state index < -0.39 is 28.5 Å². The molecule has 176 valence electrons. The van der Waals surface area contributed by atoms with Crippen molar-refractivity contribution in [3.63, 3.8) is 0 Å². The van der Waals surface area contributed by atoms with Crippen molar-refractivity contribution in [1.29, 1.82) is 0 Å². The van der Waals surface area contributed by atoms with E-state index in [1.54, 1.807) is 0 Å². The van der Waals surface area contributed by atoms with Gasteiger partial charge in [0.05, 0.1) is 31.9 Å². The molecule has 4 nitrogen and oxygen atoms in total. The van der Waals surface area contributed by atoms with Crippen LogP contribution >= 0.6 is 0 Å². The van der Waals surface area contributed by atoms with Gasteiger partial charge in [-0.15, -0.1) is 0 Å². The predicted octanol–water partition coefficient (Wildman–Crippen LogP) is 6.06. The molecule has 0 heterocycles. The first-order valence-corrected chi connectivity index (χ1v) is 11.5. The van der Waals surface area contributed by atoms with Crippen LogP contribution in [0.2, 0.25) is 0 Å². The predicted molar refractivity (Wildman–Crippen MR) is 115 cm³/mol. The minimum atomic E-state index is -4.10. The van der Waals surface area contributed by atoms with E-state index in [1.165, 1.54) is 0 Å². The quantitative estimate of drug-likeness (QED) is 0.115. The zero-order chi connectivity index (χ0) is 23.5. The van der Waals surface area contributed by atoms with Crippen LogP contribution in [-0.4, -0.2) is 51.0 Å². The van der Waals surface area contributed by atoms with Gasteiger partial charge in [-0.05, 0) is 41.7 Å². The topological polar surface area (TPSA) is 43.4 Å². The van der Waals surface area contributed by atoms with Crippen LogP contribution in [0.1, 0.15) is 44.9 Å². The number of halogens is 4. The summed E-state index contributed by atoms with van der Waals surface area (Å²) >= 11 is 0. The summed E-state index contributed by atoms with van der Waals surface area (Å²) in [5.41, 5.74) is 0. The number of hydrogen-bond acceptors (Lipinski definition) is 3. The Hall–Kier alpha value is -1.45. The summed E-state index contributed by atoms with van der Waals surface area (Å²) in [7, 11) is -4.05. The molecule has 0 aromatic carbocycles. The average molecular weight is 459 g/mol. The Morgan fingerprint density at radius 1 is 0.733 bits per heavy atom. The van der Waals surface area contributed by atoms with Gasteiger partial charge in [-0.25, -0.2) is 0 Å². The van der Waals surface area contributed by atoms with E-state index in [9.17, 15) is 26.1 Å². The monoisotopic (exact) mass is 458 g/mol. The Morgan fingerprint density at radius 2 is 1.10 bits per heavy atom. The van der Waals surface area contributed by atoms with Crippen LogP contribution in [0.25, 0.3) is 0 Å². The highest BCUT2D eigenvalue weighted by Crippen LogP contribution is 2.23. The van der Waals surface area contributed by atoms with E-state index in [2.05, 4.69) is 30.7 Å². The van der Waals surface area contributed by atoms with Crippen LogP contribution in [-0.2, 0) is 14.5 Å². The lowest BCUT2D eigenvalue weighted by atomic mass is 10.1. The molecule has 0 spiro atoms. The van der Waals surface area contributed by atoms with Crippen molar-refractivity contribution < 1.29 is 35.0 Å². The number of rotatable bonds is 17. The molecule has 0 aromatic rings. The van der Waals surface area contributed by atoms with Crippen molar-refractivity contribution in [3.05, 3.63) is 50.6 Å². The van der Waals surface area contributed by atoms with Gasteiger partial charge in [0.1, 0.15) is 0 Å². The SMILES string of the molecule is C=CC[N+](CC=C)(CC=C)CC=C.O=S(=O)(CCCCCCCCC(F)(F)F)OF. The van der Waals surface area contributed by atoms with Crippen LogP contribution in [0.3, 0.4) is 0 Å². The summed E-state index contributed by atoms with van der Waals surface area (Å²) in [6.07, 6.45) is 5.48. The smallest absolute Gasteiger partial charge is 0.311 e. The van der Waals surface area contributed by atoms with Crippen molar-refractivity contribution in [1.82, 2.24) is 0 Å². The molecule has 0 atom stereocenters. The van der Waals surface area contributed by atoms with Gasteiger partial charge in [-0.2, -0.15) is 21.6 Å². The number of hydrogen-bond donors (Lipinski definition) is 0. The van der Waals surface area contributed by atoms with E-state index in [0.717, 1.165) is 30.7 Å². The van der Waals surface area contributed by atoms with Crippen LogP contribution < -0.4 is 0 Å². The summed E-state index contributed by atoms with van der Waals surface area (Å²) in [5, 5.41) is 0. The minimum Gasteiger partial charge on any atom is -0.311 e. The van der Waals surface area contributed by atoms with Crippen LogP contribution in [0, 0.1) is 0 Å². The molecule has 0 bridgehead atoms. The molecule has 0 amide bonds. The van der Waals surface area contributed by atoms with E-state index in [0.29, 0.717) is 25.7 Å². The van der Waals surface area contributed by atoms with Gasteiger partial charge >= 0.3 is 6.18 Å². The van der Waals surface area contributed by atoms with Gasteiger partial charge in [-0.3, -0.25) is 0 Å². The van der Waals surface area contributed by atoms with Crippen molar-refractivity contribution >= 4 is 10.1 Å². The molecule has 0 aliphatic carbocycles. The lowest BCUT2D eigenvalue weighted by Crippen LogP contribution is -2.48. The largest absolute Gasteiger partial charge is 0.389 e. The van der Waals surface area contributed by atoms with Gasteiger partial charge in [0.15, 0.2) is 0 Å². The Kier molecular flexibility index (Phi) is 17.7. The fourth-order valence-electron chi connectivity index (χ4n) is 2.89. The highest BCUT2D eigenvalue weighted by Gasteiger charge is 2.25. The lowest BCUT2D eigenvalue weighted by Gasteiger charge is -2.35. The first-order valence-electron chi connectivity index (χ1n) is 9.89. The Morgan fingerprint density at radius 3 is 1.43 bits per heavy atom. The maximum atomic E-state index is 11.7. The maximum absolute atomic E-state index is 11.7. The Labute approximate surface area is 179 Å². The third-order valence-corrected chi connectivity index (χ3v) is 5.25. The molecule has 0 aromatic heterocycles. The summed E-state index contributed by atoms with van der Waals surface area (Å²) in [4.78, 5) is 0. The van der Waals surface area contributed by atoms with Crippen molar-refractivity contribution in [3.8, 4) is 0 Å². The van der Waals surface area contributed by atoms with Crippen molar-refractivity contribution in [2.45, 2.75) is 51.1 Å². The van der Waals surface area contributed by atoms with Gasteiger partial charge in [0.2, 0.25) is 0 Å². The highest BCUT2D eigenvalue weighted by atomic mass is 32.2. The molecule has 0 unspecified atom stereocenters. The molecular formula is C21H36F4NO3S+. The first kappa shape index (κ1) is 30.7. The molecule has 0 rings (SSSR count). The second-order valence-corrected chi connectivity index (χ2v) is 8.69. The summed E-state index contributed by atoms with van der Waals surface area (Å²) in [5.74, 6) is -0.397. The van der Waals surface area contributed by atoms with Crippen LogP contribution in [0.15, 0.2) is 50.6 Å². The number of unbranched alkanes of at least 4 members (excludes halogenated alkanes) is 5. The Bertz CT molecular complexity index is 544. The zero-order valence-electron chi connectivity index (χ0n) is 17.7. The molecule has 0 aliphatic heterocycles. The number of nitrogens with zero attached hydrogens (tertiary/aromatic N) is 1. The maximum Gasteiger partial charge on any atom is 0.389 e. The molecule has 0 aliphatic rings. The second-order valence-electron chi connectivity index (χ2n) is 7.04. The van der Waals surface area contributed by atoms with Crippen LogP contribution in [0.4, 0.5) is 17.7 Å². The highest BCUT2D eigenvalue weighted by molar-refractivity contribution is 7.86. The molecule has 0 saturated heterocycles. The van der Waals surface area contributed by atoms with E-state index >= 15 is 0 Å². The van der Waals surface area contributed by atoms with Crippen LogP contribution in [0.5, 0.6) is 0 Å². The fraction of sp³-hybridized carbons (Fsp3) is 0.619. The molecule has 0 radical (unpaired) electrons. The van der Waals surface area contributed by atoms with E-state index in [-0.39, 0.29) is 12.8 Å². The van der Waals surface area contributed by atoms with Gasteiger partial charge in [-0.1, -0.05) is 56.4 Å². The number of alkyl halides is 3. The Balaban J connectivity index is 0. The molecule has 30 heavy (non-hydrogen) atoms. The summed E-state index contributed by atoms with van der Waals surface area (Å²) in [6.45, 7) is 18.8.